The van der Waals surface area contributed by atoms with Crippen LogP contribution in [0.15, 0.2) is 18.2 Å². The SMILES string of the molecule is COc1ccc2c(c1)N(C)C(=O)[C@@]21C[C@@H]2N[C@H]1C[C@@H](CC(C)=O)[C@H]2CO. The predicted octanol–water partition coefficient (Wildman–Crippen LogP) is 1.25. The summed E-state index contributed by atoms with van der Waals surface area (Å²) in [6, 6.07) is 5.87. The molecular formula is C20H26N2O4. The molecule has 6 heteroatoms. The second-order valence-corrected chi connectivity index (χ2v) is 8.00. The number of likely N-dealkylation sites (N-methyl/N-ethyl adjacent to an activating group) is 1. The van der Waals surface area contributed by atoms with Crippen LogP contribution in [0, 0.1) is 11.8 Å². The average molecular weight is 358 g/mol. The third-order valence-corrected chi connectivity index (χ3v) is 6.71. The number of nitrogens with one attached hydrogen (secondary N) is 1. The van der Waals surface area contributed by atoms with Crippen LogP contribution in [0.3, 0.4) is 0 Å². The minimum atomic E-state index is -0.611. The molecule has 1 aromatic carbocycles. The van der Waals surface area contributed by atoms with Crippen molar-refractivity contribution >= 4 is 17.4 Å². The number of piperidine rings is 1. The molecule has 26 heavy (non-hydrogen) atoms. The lowest BCUT2D eigenvalue weighted by molar-refractivity contribution is -0.123. The Bertz CT molecular complexity index is 764. The lowest BCUT2D eigenvalue weighted by atomic mass is 9.73. The highest BCUT2D eigenvalue weighted by molar-refractivity contribution is 6.09. The van der Waals surface area contributed by atoms with Crippen molar-refractivity contribution < 1.29 is 19.4 Å². The summed E-state index contributed by atoms with van der Waals surface area (Å²) in [5, 5.41) is 13.5. The molecule has 2 fully saturated rings. The smallest absolute Gasteiger partial charge is 0.239 e. The number of carbonyl (C=O) groups is 2. The van der Waals surface area contributed by atoms with E-state index in [4.69, 9.17) is 4.74 Å². The maximum absolute atomic E-state index is 13.4. The number of methoxy groups -OCH3 is 1. The molecule has 2 N–H and O–H groups in total. The van der Waals surface area contributed by atoms with Gasteiger partial charge in [0.1, 0.15) is 11.5 Å². The molecule has 0 unspecified atom stereocenters. The Morgan fingerprint density at radius 1 is 1.46 bits per heavy atom. The van der Waals surface area contributed by atoms with E-state index in [9.17, 15) is 14.7 Å². The van der Waals surface area contributed by atoms with Gasteiger partial charge in [-0.2, -0.15) is 0 Å². The van der Waals surface area contributed by atoms with Crippen molar-refractivity contribution in [2.45, 2.75) is 43.7 Å². The molecule has 5 atom stereocenters. The van der Waals surface area contributed by atoms with Gasteiger partial charge in [-0.3, -0.25) is 4.79 Å². The number of anilines is 1. The largest absolute Gasteiger partial charge is 0.497 e. The summed E-state index contributed by atoms with van der Waals surface area (Å²) in [6.07, 6.45) is 1.86. The molecule has 0 aliphatic carbocycles. The van der Waals surface area contributed by atoms with Crippen LogP contribution < -0.4 is 15.0 Å². The number of Topliss-reactive ketones (excluding diaryl/α,β-unsaturated/α-hetero) is 1. The predicted molar refractivity (Wildman–Crippen MR) is 97.4 cm³/mol. The van der Waals surface area contributed by atoms with E-state index < -0.39 is 5.41 Å². The van der Waals surface area contributed by atoms with Gasteiger partial charge in [0.2, 0.25) is 5.91 Å². The number of amides is 1. The molecule has 4 rings (SSSR count). The van der Waals surface area contributed by atoms with E-state index in [0.717, 1.165) is 23.4 Å². The van der Waals surface area contributed by atoms with Crippen molar-refractivity contribution in [1.29, 1.82) is 0 Å². The molecule has 3 aliphatic rings. The molecule has 0 saturated carbocycles. The Balaban J connectivity index is 1.77. The van der Waals surface area contributed by atoms with E-state index in [0.29, 0.717) is 12.8 Å². The first-order valence-corrected chi connectivity index (χ1v) is 9.25. The monoisotopic (exact) mass is 358 g/mol. The zero-order valence-electron chi connectivity index (χ0n) is 15.5. The molecule has 1 spiro atoms. The fourth-order valence-electron chi connectivity index (χ4n) is 5.53. The first kappa shape index (κ1) is 17.5. The number of fused-ring (bicyclic) bond motifs is 5. The summed E-state index contributed by atoms with van der Waals surface area (Å²) in [5.74, 6) is 1.10. The normalized spacial score (nSPS) is 35.1. The summed E-state index contributed by atoms with van der Waals surface area (Å²) >= 11 is 0. The fourth-order valence-corrected chi connectivity index (χ4v) is 5.53. The van der Waals surface area contributed by atoms with E-state index in [1.54, 1.807) is 18.9 Å². The van der Waals surface area contributed by atoms with Gasteiger partial charge in [0.25, 0.3) is 0 Å². The zero-order valence-corrected chi connectivity index (χ0v) is 15.5. The molecule has 1 aromatic rings. The maximum atomic E-state index is 13.4. The van der Waals surface area contributed by atoms with Crippen molar-refractivity contribution in [3.8, 4) is 5.75 Å². The summed E-state index contributed by atoms with van der Waals surface area (Å²) in [7, 11) is 3.44. The van der Waals surface area contributed by atoms with Gasteiger partial charge in [-0.25, -0.2) is 0 Å². The van der Waals surface area contributed by atoms with Gasteiger partial charge in [-0.05, 0) is 37.3 Å². The van der Waals surface area contributed by atoms with Crippen molar-refractivity contribution in [2.75, 3.05) is 25.7 Å². The summed E-state index contributed by atoms with van der Waals surface area (Å²) in [5.41, 5.74) is 1.32. The molecule has 0 radical (unpaired) electrons. The van der Waals surface area contributed by atoms with E-state index in [-0.39, 0.29) is 42.2 Å². The third kappa shape index (κ3) is 2.25. The van der Waals surface area contributed by atoms with Crippen molar-refractivity contribution in [3.63, 3.8) is 0 Å². The second-order valence-electron chi connectivity index (χ2n) is 8.00. The van der Waals surface area contributed by atoms with Crippen LogP contribution in [0.25, 0.3) is 0 Å². The second kappa shape index (κ2) is 6.06. The van der Waals surface area contributed by atoms with Crippen molar-refractivity contribution in [2.24, 2.45) is 11.8 Å². The fraction of sp³-hybridized carbons (Fsp3) is 0.600. The van der Waals surface area contributed by atoms with Crippen LogP contribution in [0.4, 0.5) is 5.69 Å². The number of aliphatic hydroxyl groups is 1. The van der Waals surface area contributed by atoms with Crippen LogP contribution in [-0.2, 0) is 15.0 Å². The minimum Gasteiger partial charge on any atom is -0.497 e. The van der Waals surface area contributed by atoms with E-state index in [1.807, 2.05) is 25.2 Å². The van der Waals surface area contributed by atoms with Gasteiger partial charge in [-0.1, -0.05) is 6.07 Å². The molecule has 3 aliphatic heterocycles. The standard InChI is InChI=1S/C20H26N2O4/c1-11(24)6-12-7-18-20(9-16(21-18)14(12)10-23)15-5-4-13(26-3)8-17(15)22(2)19(20)25/h4-5,8,12,14,16,18,21,23H,6-7,9-10H2,1-3H3/t12-,14-,16+,18+,20+/m1/s1. The van der Waals surface area contributed by atoms with E-state index in [1.165, 1.54) is 0 Å². The van der Waals surface area contributed by atoms with Crippen molar-refractivity contribution in [3.05, 3.63) is 23.8 Å². The number of nitrogens with zero attached hydrogens (tertiary/aromatic N) is 1. The van der Waals surface area contributed by atoms with Crippen molar-refractivity contribution in [1.82, 2.24) is 5.32 Å². The summed E-state index contributed by atoms with van der Waals surface area (Å²) in [4.78, 5) is 26.8. The number of benzene rings is 1. The first-order valence-electron chi connectivity index (χ1n) is 9.25. The molecule has 1 amide bonds. The Kier molecular flexibility index (Phi) is 4.08. The summed E-state index contributed by atoms with van der Waals surface area (Å²) < 4.78 is 5.33. The average Bonchev–Trinajstić information content (AvgIpc) is 3.03. The van der Waals surface area contributed by atoms with Crippen LogP contribution in [0.2, 0.25) is 0 Å². The van der Waals surface area contributed by atoms with Gasteiger partial charge in [0, 0.05) is 44.1 Å². The Morgan fingerprint density at radius 3 is 2.88 bits per heavy atom. The maximum Gasteiger partial charge on any atom is 0.239 e. The molecule has 2 bridgehead atoms. The topological polar surface area (TPSA) is 78.9 Å². The Morgan fingerprint density at radius 2 is 2.23 bits per heavy atom. The highest BCUT2D eigenvalue weighted by Gasteiger charge is 2.63. The van der Waals surface area contributed by atoms with Crippen LogP contribution >= 0.6 is 0 Å². The van der Waals surface area contributed by atoms with E-state index >= 15 is 0 Å². The molecule has 6 nitrogen and oxygen atoms in total. The molecular weight excluding hydrogens is 332 g/mol. The van der Waals surface area contributed by atoms with E-state index in [2.05, 4.69) is 5.32 Å². The third-order valence-electron chi connectivity index (χ3n) is 6.71. The molecule has 140 valence electrons. The lowest BCUT2D eigenvalue weighted by Crippen LogP contribution is -2.52. The number of carbonyl (C=O) groups excluding carboxylic acids is 2. The van der Waals surface area contributed by atoms with Crippen LogP contribution in [0.5, 0.6) is 5.75 Å². The molecule has 2 saturated heterocycles. The Hall–Kier alpha value is -1.92. The van der Waals surface area contributed by atoms with Gasteiger partial charge < -0.3 is 24.9 Å². The van der Waals surface area contributed by atoms with Gasteiger partial charge in [0.15, 0.2) is 0 Å². The molecule has 3 heterocycles. The lowest BCUT2D eigenvalue weighted by Gasteiger charge is -2.37. The minimum absolute atomic E-state index is 0.00919. The number of ether oxygens (including phenoxy) is 1. The van der Waals surface area contributed by atoms with Crippen LogP contribution in [0.1, 0.15) is 31.7 Å². The first-order chi connectivity index (χ1) is 12.4. The van der Waals surface area contributed by atoms with Gasteiger partial charge >= 0.3 is 0 Å². The number of aliphatic hydroxyl groups excluding tert-OH is 1. The number of ketones is 1. The van der Waals surface area contributed by atoms with Gasteiger partial charge in [0.05, 0.1) is 18.2 Å². The van der Waals surface area contributed by atoms with Gasteiger partial charge in [-0.15, -0.1) is 0 Å². The highest BCUT2D eigenvalue weighted by Crippen LogP contribution is 2.55. The zero-order chi connectivity index (χ0) is 18.6. The van der Waals surface area contributed by atoms with Crippen LogP contribution in [-0.4, -0.2) is 49.6 Å². The quantitative estimate of drug-likeness (QED) is 0.847. The highest BCUT2D eigenvalue weighted by atomic mass is 16.5. The Labute approximate surface area is 153 Å². The molecule has 0 aromatic heterocycles. The number of hydrogen-bond donors (Lipinski definition) is 2. The summed E-state index contributed by atoms with van der Waals surface area (Å²) in [6.45, 7) is 1.64. The number of rotatable bonds is 4. The number of hydrogen-bond acceptors (Lipinski definition) is 5.